The van der Waals surface area contributed by atoms with Crippen molar-refractivity contribution in [2.75, 3.05) is 30.8 Å². The van der Waals surface area contributed by atoms with Crippen molar-refractivity contribution in [2.24, 2.45) is 0 Å². The minimum absolute atomic E-state index is 0.103. The number of hydrogen-bond acceptors (Lipinski definition) is 4. The van der Waals surface area contributed by atoms with Crippen molar-refractivity contribution in [1.29, 1.82) is 0 Å². The van der Waals surface area contributed by atoms with Gasteiger partial charge in [0.05, 0.1) is 5.75 Å². The fourth-order valence-electron chi connectivity index (χ4n) is 2.76. The lowest BCUT2D eigenvalue weighted by Gasteiger charge is -2.19. The van der Waals surface area contributed by atoms with Crippen LogP contribution in [0.25, 0.3) is 0 Å². The Kier molecular flexibility index (Phi) is 9.40. The van der Waals surface area contributed by atoms with Crippen LogP contribution in [0.2, 0.25) is 0 Å². The molecule has 2 N–H and O–H groups in total. The van der Waals surface area contributed by atoms with Crippen molar-refractivity contribution in [2.45, 2.75) is 44.4 Å². The molecule has 6 heteroatoms. The number of rotatable bonds is 10. The Morgan fingerprint density at radius 1 is 1.07 bits per heavy atom. The maximum absolute atomic E-state index is 12.3. The lowest BCUT2D eigenvalue weighted by molar-refractivity contribution is -0.113. The van der Waals surface area contributed by atoms with Gasteiger partial charge in [0, 0.05) is 35.9 Å². The van der Waals surface area contributed by atoms with Gasteiger partial charge in [-0.05, 0) is 54.7 Å². The standard InChI is InChI=1S/C24H32N2O3S/c1-5-29-15-7-14-25-23(28)18-8-6-9-20(16-18)26-22(27)17-30-21-12-10-19(11-13-21)24(2,3)4/h6,8-13,16H,5,7,14-15,17H2,1-4H3,(H,25,28)(H,26,27). The number of carbonyl (C=O) groups is 2. The van der Waals surface area contributed by atoms with E-state index in [2.05, 4.69) is 55.7 Å². The Hall–Kier alpha value is -2.31. The molecule has 2 amide bonds. The lowest BCUT2D eigenvalue weighted by atomic mass is 9.87. The van der Waals surface area contributed by atoms with Crippen LogP contribution in [0.3, 0.4) is 0 Å². The van der Waals surface area contributed by atoms with Gasteiger partial charge in [-0.1, -0.05) is 39.0 Å². The van der Waals surface area contributed by atoms with Gasteiger partial charge in [0.25, 0.3) is 5.91 Å². The second kappa shape index (κ2) is 11.8. The van der Waals surface area contributed by atoms with Gasteiger partial charge in [0.1, 0.15) is 0 Å². The van der Waals surface area contributed by atoms with Crippen LogP contribution in [0.5, 0.6) is 0 Å². The van der Waals surface area contributed by atoms with Crippen LogP contribution in [-0.2, 0) is 14.9 Å². The van der Waals surface area contributed by atoms with E-state index in [1.165, 1.54) is 17.3 Å². The predicted octanol–water partition coefficient (Wildman–Crippen LogP) is 4.87. The monoisotopic (exact) mass is 428 g/mol. The fourth-order valence-corrected chi connectivity index (χ4v) is 3.46. The molecule has 0 aliphatic heterocycles. The first-order valence-electron chi connectivity index (χ1n) is 10.3. The zero-order valence-electron chi connectivity index (χ0n) is 18.3. The number of nitrogens with one attached hydrogen (secondary N) is 2. The van der Waals surface area contributed by atoms with Gasteiger partial charge in [0.2, 0.25) is 5.91 Å². The number of anilines is 1. The number of hydrogen-bond donors (Lipinski definition) is 2. The average molecular weight is 429 g/mol. The zero-order valence-corrected chi connectivity index (χ0v) is 19.1. The highest BCUT2D eigenvalue weighted by Gasteiger charge is 2.13. The zero-order chi connectivity index (χ0) is 22.0. The molecule has 2 aromatic rings. The first-order valence-corrected chi connectivity index (χ1v) is 11.3. The van der Waals surface area contributed by atoms with E-state index in [1.54, 1.807) is 24.3 Å². The largest absolute Gasteiger partial charge is 0.382 e. The quantitative estimate of drug-likeness (QED) is 0.418. The lowest BCUT2D eigenvalue weighted by Crippen LogP contribution is -2.25. The van der Waals surface area contributed by atoms with Gasteiger partial charge in [-0.3, -0.25) is 9.59 Å². The molecular formula is C24H32N2O3S. The number of thioether (sulfide) groups is 1. The number of carbonyl (C=O) groups excluding carboxylic acids is 2. The SMILES string of the molecule is CCOCCCNC(=O)c1cccc(NC(=O)CSc2ccc(C(C)(C)C)cc2)c1. The molecule has 0 saturated heterocycles. The van der Waals surface area contributed by atoms with E-state index in [9.17, 15) is 9.59 Å². The van der Waals surface area contributed by atoms with Crippen LogP contribution in [0.1, 0.15) is 50.0 Å². The minimum atomic E-state index is -0.157. The van der Waals surface area contributed by atoms with Crippen LogP contribution in [0, 0.1) is 0 Å². The Morgan fingerprint density at radius 3 is 2.47 bits per heavy atom. The van der Waals surface area contributed by atoms with Crippen LogP contribution in [0.4, 0.5) is 5.69 Å². The van der Waals surface area contributed by atoms with Crippen molar-refractivity contribution in [3.8, 4) is 0 Å². The summed E-state index contributed by atoms with van der Waals surface area (Å²) < 4.78 is 5.26. The topological polar surface area (TPSA) is 67.4 Å². The number of ether oxygens (including phenoxy) is 1. The average Bonchev–Trinajstić information content (AvgIpc) is 2.72. The summed E-state index contributed by atoms with van der Waals surface area (Å²) in [6.45, 7) is 10.3. The summed E-state index contributed by atoms with van der Waals surface area (Å²) in [7, 11) is 0. The smallest absolute Gasteiger partial charge is 0.251 e. The molecule has 30 heavy (non-hydrogen) atoms. The molecule has 0 spiro atoms. The van der Waals surface area contributed by atoms with Crippen molar-refractivity contribution >= 4 is 29.3 Å². The normalized spacial score (nSPS) is 11.2. The van der Waals surface area contributed by atoms with Gasteiger partial charge in [-0.25, -0.2) is 0 Å². The number of benzene rings is 2. The summed E-state index contributed by atoms with van der Waals surface area (Å²) in [5, 5.41) is 5.73. The Bertz CT molecular complexity index is 829. The molecule has 0 bridgehead atoms. The first kappa shape index (κ1) is 24.0. The van der Waals surface area contributed by atoms with E-state index in [-0.39, 0.29) is 17.2 Å². The van der Waals surface area contributed by atoms with E-state index in [1.807, 2.05) is 6.92 Å². The van der Waals surface area contributed by atoms with Gasteiger partial charge in [-0.15, -0.1) is 11.8 Å². The molecule has 0 aromatic heterocycles. The third-order valence-electron chi connectivity index (χ3n) is 4.45. The van der Waals surface area contributed by atoms with E-state index in [0.717, 1.165) is 11.3 Å². The second-order valence-corrected chi connectivity index (χ2v) is 9.05. The summed E-state index contributed by atoms with van der Waals surface area (Å²) in [6, 6.07) is 15.3. The molecule has 2 aromatic carbocycles. The maximum Gasteiger partial charge on any atom is 0.251 e. The van der Waals surface area contributed by atoms with Crippen LogP contribution < -0.4 is 10.6 Å². The molecule has 0 saturated carbocycles. The predicted molar refractivity (Wildman–Crippen MR) is 124 cm³/mol. The Labute approximate surface area is 184 Å². The van der Waals surface area contributed by atoms with Crippen molar-refractivity contribution < 1.29 is 14.3 Å². The van der Waals surface area contributed by atoms with E-state index in [4.69, 9.17) is 4.74 Å². The Balaban J connectivity index is 1.82. The van der Waals surface area contributed by atoms with Gasteiger partial charge in [0.15, 0.2) is 0 Å². The molecule has 0 aliphatic carbocycles. The van der Waals surface area contributed by atoms with Crippen molar-refractivity contribution in [3.63, 3.8) is 0 Å². The summed E-state index contributed by atoms with van der Waals surface area (Å²) in [6.07, 6.45) is 0.768. The third-order valence-corrected chi connectivity index (χ3v) is 5.47. The highest BCUT2D eigenvalue weighted by molar-refractivity contribution is 8.00. The van der Waals surface area contributed by atoms with Gasteiger partial charge in [-0.2, -0.15) is 0 Å². The van der Waals surface area contributed by atoms with Crippen LogP contribution in [0.15, 0.2) is 53.4 Å². The number of amides is 2. The molecule has 162 valence electrons. The van der Waals surface area contributed by atoms with Crippen LogP contribution >= 0.6 is 11.8 Å². The van der Waals surface area contributed by atoms with Gasteiger partial charge < -0.3 is 15.4 Å². The highest BCUT2D eigenvalue weighted by Crippen LogP contribution is 2.25. The summed E-state index contributed by atoms with van der Waals surface area (Å²) in [4.78, 5) is 25.6. The molecule has 5 nitrogen and oxygen atoms in total. The fraction of sp³-hybridized carbons (Fsp3) is 0.417. The minimum Gasteiger partial charge on any atom is -0.382 e. The van der Waals surface area contributed by atoms with E-state index < -0.39 is 0 Å². The molecule has 0 heterocycles. The Morgan fingerprint density at radius 2 is 1.80 bits per heavy atom. The molecular weight excluding hydrogens is 396 g/mol. The molecule has 0 atom stereocenters. The molecule has 0 unspecified atom stereocenters. The summed E-state index contributed by atoms with van der Waals surface area (Å²) in [5.74, 6) is 0.0491. The summed E-state index contributed by atoms with van der Waals surface area (Å²) in [5.41, 5.74) is 2.52. The summed E-state index contributed by atoms with van der Waals surface area (Å²) >= 11 is 1.49. The second-order valence-electron chi connectivity index (χ2n) is 8.00. The van der Waals surface area contributed by atoms with E-state index in [0.29, 0.717) is 36.8 Å². The van der Waals surface area contributed by atoms with Crippen LogP contribution in [-0.4, -0.2) is 37.3 Å². The first-order chi connectivity index (χ1) is 14.3. The molecule has 0 aliphatic rings. The third kappa shape index (κ3) is 8.20. The van der Waals surface area contributed by atoms with E-state index >= 15 is 0 Å². The molecule has 0 fully saturated rings. The molecule has 2 rings (SSSR count). The van der Waals surface area contributed by atoms with Crippen molar-refractivity contribution in [1.82, 2.24) is 5.32 Å². The highest BCUT2D eigenvalue weighted by atomic mass is 32.2. The maximum atomic E-state index is 12.3. The van der Waals surface area contributed by atoms with Gasteiger partial charge >= 0.3 is 0 Å². The molecule has 0 radical (unpaired) electrons. The van der Waals surface area contributed by atoms with Crippen molar-refractivity contribution in [3.05, 3.63) is 59.7 Å².